The molecule has 88 valence electrons. The zero-order chi connectivity index (χ0) is 11.3. The van der Waals surface area contributed by atoms with E-state index >= 15 is 0 Å². The molecular weight excluding hydrogens is 190 g/mol. The van der Waals surface area contributed by atoms with Gasteiger partial charge in [0.15, 0.2) is 0 Å². The van der Waals surface area contributed by atoms with Crippen LogP contribution in [0.15, 0.2) is 0 Å². The van der Waals surface area contributed by atoms with Crippen LogP contribution >= 0.6 is 0 Å². The number of carbonyl (C=O) groups excluding carboxylic acids is 1. The summed E-state index contributed by atoms with van der Waals surface area (Å²) >= 11 is 0. The van der Waals surface area contributed by atoms with E-state index in [4.69, 9.17) is 5.73 Å². The van der Waals surface area contributed by atoms with E-state index in [0.717, 1.165) is 13.1 Å². The molecule has 0 aliphatic heterocycles. The predicted molar refractivity (Wildman–Crippen MR) is 61.5 cm³/mol. The van der Waals surface area contributed by atoms with Crippen LogP contribution in [0.25, 0.3) is 0 Å². The van der Waals surface area contributed by atoms with Crippen LogP contribution in [0.2, 0.25) is 0 Å². The van der Waals surface area contributed by atoms with Crippen molar-refractivity contribution >= 4 is 5.91 Å². The van der Waals surface area contributed by atoms with Crippen LogP contribution in [-0.4, -0.2) is 43.0 Å². The average molecular weight is 213 g/mol. The van der Waals surface area contributed by atoms with Gasteiger partial charge in [-0.3, -0.25) is 9.69 Å². The Hall–Kier alpha value is -0.610. The van der Waals surface area contributed by atoms with Crippen molar-refractivity contribution in [2.45, 2.75) is 44.7 Å². The highest BCUT2D eigenvalue weighted by Crippen LogP contribution is 2.23. The third-order valence-electron chi connectivity index (χ3n) is 3.36. The lowest BCUT2D eigenvalue weighted by Gasteiger charge is -2.30. The molecule has 1 rings (SSSR count). The van der Waals surface area contributed by atoms with Crippen molar-refractivity contribution in [3.63, 3.8) is 0 Å². The summed E-state index contributed by atoms with van der Waals surface area (Å²) in [5.74, 6) is -0.256. The third-order valence-corrected chi connectivity index (χ3v) is 3.36. The Kier molecular flexibility index (Phi) is 5.05. The summed E-state index contributed by atoms with van der Waals surface area (Å²) in [6.45, 7) is 3.88. The van der Waals surface area contributed by atoms with Crippen molar-refractivity contribution in [2.24, 2.45) is 5.73 Å². The third kappa shape index (κ3) is 3.47. The van der Waals surface area contributed by atoms with Gasteiger partial charge in [0.1, 0.15) is 0 Å². The Morgan fingerprint density at radius 1 is 1.53 bits per heavy atom. The molecule has 0 aromatic carbocycles. The molecule has 3 N–H and O–H groups in total. The van der Waals surface area contributed by atoms with Crippen LogP contribution < -0.4 is 11.1 Å². The second kappa shape index (κ2) is 6.08. The van der Waals surface area contributed by atoms with Crippen LogP contribution in [0.1, 0.15) is 32.6 Å². The zero-order valence-electron chi connectivity index (χ0n) is 9.83. The van der Waals surface area contributed by atoms with Gasteiger partial charge in [0.2, 0.25) is 5.91 Å². The highest BCUT2D eigenvalue weighted by molar-refractivity contribution is 5.80. The molecule has 4 nitrogen and oxygen atoms in total. The molecule has 0 aromatic heterocycles. The number of rotatable bonds is 6. The topological polar surface area (TPSA) is 58.4 Å². The smallest absolute Gasteiger partial charge is 0.235 e. The van der Waals surface area contributed by atoms with Crippen molar-refractivity contribution in [3.8, 4) is 0 Å². The average Bonchev–Trinajstić information content (AvgIpc) is 2.72. The standard InChI is InChI=1S/C11H23N3O/c1-3-14(9-6-4-5-7-9)8-10(13-2)11(12)15/h9-10,13H,3-8H2,1-2H3,(H2,12,15). The van der Waals surface area contributed by atoms with Gasteiger partial charge in [-0.15, -0.1) is 0 Å². The summed E-state index contributed by atoms with van der Waals surface area (Å²) in [5, 5.41) is 2.97. The summed E-state index contributed by atoms with van der Waals surface area (Å²) in [5.41, 5.74) is 5.32. The van der Waals surface area contributed by atoms with Crippen molar-refractivity contribution in [2.75, 3.05) is 20.1 Å². The fourth-order valence-electron chi connectivity index (χ4n) is 2.36. The number of nitrogens with zero attached hydrogens (tertiary/aromatic N) is 1. The Balaban J connectivity index is 2.47. The second-order valence-electron chi connectivity index (χ2n) is 4.27. The summed E-state index contributed by atoms with van der Waals surface area (Å²) < 4.78 is 0. The van der Waals surface area contributed by atoms with E-state index in [1.807, 2.05) is 0 Å². The molecule has 4 heteroatoms. The van der Waals surface area contributed by atoms with Crippen molar-refractivity contribution in [1.29, 1.82) is 0 Å². The number of primary amides is 1. The van der Waals surface area contributed by atoms with Crippen molar-refractivity contribution in [1.82, 2.24) is 10.2 Å². The number of carbonyl (C=O) groups is 1. The predicted octanol–water partition coefficient (Wildman–Crippen LogP) is 0.324. The van der Waals surface area contributed by atoms with Gasteiger partial charge in [-0.25, -0.2) is 0 Å². The molecular formula is C11H23N3O. The second-order valence-corrected chi connectivity index (χ2v) is 4.27. The minimum absolute atomic E-state index is 0.217. The molecule has 1 saturated carbocycles. The van der Waals surface area contributed by atoms with E-state index in [1.54, 1.807) is 7.05 Å². The van der Waals surface area contributed by atoms with Crippen LogP contribution in [0.3, 0.4) is 0 Å². The van der Waals surface area contributed by atoms with E-state index in [1.165, 1.54) is 25.7 Å². The first kappa shape index (κ1) is 12.5. The monoisotopic (exact) mass is 213 g/mol. The van der Waals surface area contributed by atoms with Gasteiger partial charge in [0.25, 0.3) is 0 Å². The maximum absolute atomic E-state index is 11.1. The van der Waals surface area contributed by atoms with E-state index in [-0.39, 0.29) is 11.9 Å². The number of hydrogen-bond donors (Lipinski definition) is 2. The lowest BCUT2D eigenvalue weighted by Crippen LogP contribution is -2.49. The SMILES string of the molecule is CCN(CC(NC)C(N)=O)C1CCCC1. The fourth-order valence-corrected chi connectivity index (χ4v) is 2.36. The van der Waals surface area contributed by atoms with Gasteiger partial charge >= 0.3 is 0 Å². The molecule has 1 aliphatic rings. The molecule has 15 heavy (non-hydrogen) atoms. The molecule has 1 aliphatic carbocycles. The molecule has 0 radical (unpaired) electrons. The molecule has 1 fully saturated rings. The van der Waals surface area contributed by atoms with Crippen molar-refractivity contribution < 1.29 is 4.79 Å². The Bertz CT molecular complexity index is 202. The van der Waals surface area contributed by atoms with E-state index in [0.29, 0.717) is 6.04 Å². The number of likely N-dealkylation sites (N-methyl/N-ethyl adjacent to an activating group) is 2. The quantitative estimate of drug-likeness (QED) is 0.668. The molecule has 0 saturated heterocycles. The first-order chi connectivity index (χ1) is 7.19. The number of nitrogens with two attached hydrogens (primary N) is 1. The van der Waals surface area contributed by atoms with Crippen LogP contribution in [0.5, 0.6) is 0 Å². The summed E-state index contributed by atoms with van der Waals surface area (Å²) in [7, 11) is 1.79. The Morgan fingerprint density at radius 2 is 2.13 bits per heavy atom. The highest BCUT2D eigenvalue weighted by Gasteiger charge is 2.24. The lowest BCUT2D eigenvalue weighted by atomic mass is 10.1. The molecule has 0 aromatic rings. The van der Waals surface area contributed by atoms with Crippen LogP contribution in [-0.2, 0) is 4.79 Å². The van der Waals surface area contributed by atoms with Gasteiger partial charge in [-0.1, -0.05) is 19.8 Å². The number of hydrogen-bond acceptors (Lipinski definition) is 3. The molecule has 0 heterocycles. The highest BCUT2D eigenvalue weighted by atomic mass is 16.1. The fraction of sp³-hybridized carbons (Fsp3) is 0.909. The maximum atomic E-state index is 11.1. The summed E-state index contributed by atoms with van der Waals surface area (Å²) in [4.78, 5) is 13.5. The molecule has 1 amide bonds. The minimum atomic E-state index is -0.256. The van der Waals surface area contributed by atoms with Gasteiger partial charge < -0.3 is 11.1 Å². The Morgan fingerprint density at radius 3 is 2.53 bits per heavy atom. The number of amides is 1. The lowest BCUT2D eigenvalue weighted by molar-refractivity contribution is -0.120. The van der Waals surface area contributed by atoms with Gasteiger partial charge in [-0.2, -0.15) is 0 Å². The molecule has 0 bridgehead atoms. The van der Waals surface area contributed by atoms with Crippen molar-refractivity contribution in [3.05, 3.63) is 0 Å². The summed E-state index contributed by atoms with van der Waals surface area (Å²) in [6, 6.07) is 0.441. The largest absolute Gasteiger partial charge is 0.368 e. The summed E-state index contributed by atoms with van der Waals surface area (Å²) in [6.07, 6.45) is 5.18. The van der Waals surface area contributed by atoms with Gasteiger partial charge in [-0.05, 0) is 26.4 Å². The van der Waals surface area contributed by atoms with E-state index < -0.39 is 0 Å². The maximum Gasteiger partial charge on any atom is 0.235 e. The first-order valence-electron chi connectivity index (χ1n) is 5.89. The zero-order valence-corrected chi connectivity index (χ0v) is 9.83. The minimum Gasteiger partial charge on any atom is -0.368 e. The van der Waals surface area contributed by atoms with Gasteiger partial charge in [0.05, 0.1) is 6.04 Å². The van der Waals surface area contributed by atoms with E-state index in [9.17, 15) is 4.79 Å². The van der Waals surface area contributed by atoms with Crippen LogP contribution in [0.4, 0.5) is 0 Å². The molecule has 1 atom stereocenters. The molecule has 0 spiro atoms. The first-order valence-corrected chi connectivity index (χ1v) is 5.89. The number of nitrogens with one attached hydrogen (secondary N) is 1. The van der Waals surface area contributed by atoms with E-state index in [2.05, 4.69) is 17.1 Å². The molecule has 1 unspecified atom stereocenters. The van der Waals surface area contributed by atoms with Gasteiger partial charge in [0, 0.05) is 12.6 Å². The normalized spacial score (nSPS) is 19.7. The Labute approximate surface area is 92.2 Å². The van der Waals surface area contributed by atoms with Crippen LogP contribution in [0, 0.1) is 0 Å².